The van der Waals surface area contributed by atoms with Crippen LogP contribution in [0.1, 0.15) is 42.6 Å². The van der Waals surface area contributed by atoms with Gasteiger partial charge in [-0.15, -0.1) is 0 Å². The van der Waals surface area contributed by atoms with Crippen molar-refractivity contribution in [2.45, 2.75) is 39.2 Å². The molecular formula is C14H21NO2. The molecule has 1 atom stereocenters. The summed E-state index contributed by atoms with van der Waals surface area (Å²) in [6.07, 6.45) is 2.90. The molecule has 0 aliphatic carbocycles. The minimum absolute atomic E-state index is 0.132. The second kappa shape index (κ2) is 7.07. The Morgan fingerprint density at radius 1 is 1.35 bits per heavy atom. The van der Waals surface area contributed by atoms with Gasteiger partial charge in [-0.1, -0.05) is 25.5 Å². The summed E-state index contributed by atoms with van der Waals surface area (Å²) in [7, 11) is 0. The first-order chi connectivity index (χ1) is 8.13. The topological polar surface area (TPSA) is 49.3 Å². The van der Waals surface area contributed by atoms with E-state index in [-0.39, 0.29) is 12.5 Å². The van der Waals surface area contributed by atoms with Gasteiger partial charge in [0.15, 0.2) is 0 Å². The molecule has 1 aromatic rings. The Morgan fingerprint density at radius 2 is 2.00 bits per heavy atom. The van der Waals surface area contributed by atoms with Gasteiger partial charge in [0.2, 0.25) is 0 Å². The van der Waals surface area contributed by atoms with Crippen molar-refractivity contribution >= 4 is 5.91 Å². The van der Waals surface area contributed by atoms with Crippen LogP contribution in [0.4, 0.5) is 0 Å². The average Bonchev–Trinajstić information content (AvgIpc) is 2.34. The second-order valence-corrected chi connectivity index (χ2v) is 4.36. The van der Waals surface area contributed by atoms with Crippen molar-refractivity contribution in [1.29, 1.82) is 0 Å². The van der Waals surface area contributed by atoms with Crippen LogP contribution >= 0.6 is 0 Å². The molecular weight excluding hydrogens is 214 g/mol. The first kappa shape index (κ1) is 13.7. The van der Waals surface area contributed by atoms with Crippen LogP contribution in [0.2, 0.25) is 0 Å². The van der Waals surface area contributed by atoms with E-state index >= 15 is 0 Å². The van der Waals surface area contributed by atoms with Crippen molar-refractivity contribution in [2.24, 2.45) is 0 Å². The summed E-state index contributed by atoms with van der Waals surface area (Å²) < 4.78 is 0. The number of hydrogen-bond acceptors (Lipinski definition) is 2. The number of carbonyl (C=O) groups excluding carboxylic acids is 1. The molecule has 17 heavy (non-hydrogen) atoms. The minimum Gasteiger partial charge on any atom is -0.392 e. The zero-order chi connectivity index (χ0) is 12.7. The zero-order valence-electron chi connectivity index (χ0n) is 10.6. The number of benzene rings is 1. The molecule has 0 spiro atoms. The van der Waals surface area contributed by atoms with Crippen molar-refractivity contribution in [3.05, 3.63) is 35.4 Å². The minimum atomic E-state index is -0.511. The number of aliphatic hydroxyl groups excluding tert-OH is 1. The largest absolute Gasteiger partial charge is 0.392 e. The summed E-state index contributed by atoms with van der Waals surface area (Å²) in [6, 6.07) is 7.66. The molecule has 0 heterocycles. The molecule has 1 rings (SSSR count). The number of aryl methyl sites for hydroxylation is 1. The fourth-order valence-electron chi connectivity index (χ4n) is 1.55. The van der Waals surface area contributed by atoms with E-state index in [1.807, 2.05) is 24.3 Å². The van der Waals surface area contributed by atoms with E-state index in [1.54, 1.807) is 6.92 Å². The van der Waals surface area contributed by atoms with Crippen molar-refractivity contribution in [2.75, 3.05) is 6.54 Å². The predicted octanol–water partition coefficient (Wildman–Crippen LogP) is 2.14. The van der Waals surface area contributed by atoms with Gasteiger partial charge >= 0.3 is 0 Å². The molecule has 1 aromatic carbocycles. The number of hydrogen-bond donors (Lipinski definition) is 2. The van der Waals surface area contributed by atoms with E-state index in [2.05, 4.69) is 12.2 Å². The molecule has 0 saturated carbocycles. The summed E-state index contributed by atoms with van der Waals surface area (Å²) in [5.41, 5.74) is 1.91. The molecule has 0 bridgehead atoms. The molecule has 1 unspecified atom stereocenters. The quantitative estimate of drug-likeness (QED) is 0.793. The fourth-order valence-corrected chi connectivity index (χ4v) is 1.55. The lowest BCUT2D eigenvalue weighted by atomic mass is 10.1. The van der Waals surface area contributed by atoms with E-state index in [9.17, 15) is 4.79 Å². The van der Waals surface area contributed by atoms with Gasteiger partial charge in [0.05, 0.1) is 6.10 Å². The molecule has 3 nitrogen and oxygen atoms in total. The van der Waals surface area contributed by atoms with Gasteiger partial charge in [0, 0.05) is 12.1 Å². The maximum Gasteiger partial charge on any atom is 0.251 e. The predicted molar refractivity (Wildman–Crippen MR) is 69.1 cm³/mol. The number of carbonyl (C=O) groups is 1. The molecule has 1 amide bonds. The first-order valence-corrected chi connectivity index (χ1v) is 6.18. The maximum absolute atomic E-state index is 11.7. The van der Waals surface area contributed by atoms with Crippen LogP contribution in [-0.2, 0) is 6.42 Å². The number of rotatable bonds is 6. The molecule has 0 radical (unpaired) electrons. The van der Waals surface area contributed by atoms with E-state index in [1.165, 1.54) is 18.4 Å². The zero-order valence-corrected chi connectivity index (χ0v) is 10.6. The van der Waals surface area contributed by atoms with Crippen LogP contribution in [-0.4, -0.2) is 23.7 Å². The molecule has 0 saturated heterocycles. The van der Waals surface area contributed by atoms with Gasteiger partial charge in [-0.25, -0.2) is 0 Å². The first-order valence-electron chi connectivity index (χ1n) is 6.18. The highest BCUT2D eigenvalue weighted by atomic mass is 16.3. The number of amides is 1. The number of unbranched alkanes of at least 4 members (excludes halogenated alkanes) is 1. The summed E-state index contributed by atoms with van der Waals surface area (Å²) in [6.45, 7) is 4.10. The van der Waals surface area contributed by atoms with Crippen molar-refractivity contribution in [1.82, 2.24) is 5.32 Å². The van der Waals surface area contributed by atoms with E-state index < -0.39 is 6.10 Å². The standard InChI is InChI=1S/C14H21NO2/c1-3-4-5-12-6-8-13(9-7-12)14(17)15-10-11(2)16/h6-9,11,16H,3-5,10H2,1-2H3,(H,15,17). The van der Waals surface area contributed by atoms with Crippen molar-refractivity contribution < 1.29 is 9.90 Å². The van der Waals surface area contributed by atoms with Crippen LogP contribution in [0.25, 0.3) is 0 Å². The normalized spacial score (nSPS) is 12.2. The van der Waals surface area contributed by atoms with Gasteiger partial charge in [0.25, 0.3) is 5.91 Å². The van der Waals surface area contributed by atoms with Crippen LogP contribution in [0.15, 0.2) is 24.3 Å². The van der Waals surface area contributed by atoms with E-state index in [4.69, 9.17) is 5.11 Å². The third-order valence-electron chi connectivity index (χ3n) is 2.59. The second-order valence-electron chi connectivity index (χ2n) is 4.36. The monoisotopic (exact) mass is 235 g/mol. The van der Waals surface area contributed by atoms with Gasteiger partial charge < -0.3 is 10.4 Å². The van der Waals surface area contributed by atoms with Crippen LogP contribution in [0.5, 0.6) is 0 Å². The number of nitrogens with one attached hydrogen (secondary N) is 1. The summed E-state index contributed by atoms with van der Waals surface area (Å²) in [4.78, 5) is 11.7. The highest BCUT2D eigenvalue weighted by Crippen LogP contribution is 2.07. The van der Waals surface area contributed by atoms with Gasteiger partial charge in [-0.05, 0) is 37.5 Å². The molecule has 2 N–H and O–H groups in total. The third-order valence-corrected chi connectivity index (χ3v) is 2.59. The molecule has 0 aromatic heterocycles. The summed E-state index contributed by atoms with van der Waals surface area (Å²) in [5.74, 6) is -0.132. The van der Waals surface area contributed by atoms with Gasteiger partial charge in [-0.3, -0.25) is 4.79 Å². The Labute approximate surface area is 103 Å². The lowest BCUT2D eigenvalue weighted by molar-refractivity contribution is 0.0924. The molecule has 0 aliphatic rings. The lowest BCUT2D eigenvalue weighted by Crippen LogP contribution is -2.30. The Bertz CT molecular complexity index is 344. The smallest absolute Gasteiger partial charge is 0.251 e. The Hall–Kier alpha value is -1.35. The summed E-state index contributed by atoms with van der Waals surface area (Å²) >= 11 is 0. The highest BCUT2D eigenvalue weighted by Gasteiger charge is 2.05. The maximum atomic E-state index is 11.7. The molecule has 3 heteroatoms. The Kier molecular flexibility index (Phi) is 5.70. The van der Waals surface area contributed by atoms with Crippen molar-refractivity contribution in [3.8, 4) is 0 Å². The Morgan fingerprint density at radius 3 is 2.53 bits per heavy atom. The highest BCUT2D eigenvalue weighted by molar-refractivity contribution is 5.94. The summed E-state index contributed by atoms with van der Waals surface area (Å²) in [5, 5.41) is 11.7. The van der Waals surface area contributed by atoms with Crippen LogP contribution in [0, 0.1) is 0 Å². The third kappa shape index (κ3) is 5.00. The average molecular weight is 235 g/mol. The van der Waals surface area contributed by atoms with Crippen LogP contribution < -0.4 is 5.32 Å². The Balaban J connectivity index is 2.51. The van der Waals surface area contributed by atoms with Gasteiger partial charge in [-0.2, -0.15) is 0 Å². The van der Waals surface area contributed by atoms with Crippen molar-refractivity contribution in [3.63, 3.8) is 0 Å². The SMILES string of the molecule is CCCCc1ccc(C(=O)NCC(C)O)cc1. The molecule has 94 valence electrons. The van der Waals surface area contributed by atoms with E-state index in [0.29, 0.717) is 5.56 Å². The number of aliphatic hydroxyl groups is 1. The van der Waals surface area contributed by atoms with Crippen LogP contribution in [0.3, 0.4) is 0 Å². The lowest BCUT2D eigenvalue weighted by Gasteiger charge is -2.07. The van der Waals surface area contributed by atoms with E-state index in [0.717, 1.165) is 6.42 Å². The van der Waals surface area contributed by atoms with Gasteiger partial charge in [0.1, 0.15) is 0 Å². The molecule has 0 fully saturated rings. The molecule has 0 aliphatic heterocycles. The fraction of sp³-hybridized carbons (Fsp3) is 0.500.